The molecule has 4 rings (SSSR count). The van der Waals surface area contributed by atoms with Gasteiger partial charge in [0.05, 0.1) is 11.4 Å². The van der Waals surface area contributed by atoms with E-state index in [1.165, 1.54) is 28.7 Å². The number of aromatic nitrogens is 5. The second-order valence-electron chi connectivity index (χ2n) is 6.63. The maximum Gasteiger partial charge on any atom is 0.236 e. The molecule has 0 bridgehead atoms. The largest absolute Gasteiger partial charge is 0.301 e. The topological polar surface area (TPSA) is 85.6 Å². The van der Waals surface area contributed by atoms with Gasteiger partial charge in [0.1, 0.15) is 0 Å². The van der Waals surface area contributed by atoms with Crippen LogP contribution >= 0.6 is 34.7 Å². The highest BCUT2D eigenvalue weighted by molar-refractivity contribution is 7.99. The first-order valence-electron chi connectivity index (χ1n) is 9.61. The van der Waals surface area contributed by atoms with E-state index in [1.807, 2.05) is 48.5 Å². The third-order valence-corrected chi connectivity index (χ3v) is 6.69. The third-order valence-electron chi connectivity index (χ3n) is 4.48. The second kappa shape index (κ2) is 10.0. The minimum atomic E-state index is -0.167. The van der Waals surface area contributed by atoms with E-state index in [-0.39, 0.29) is 11.7 Å². The molecule has 2 aromatic heterocycles. The van der Waals surface area contributed by atoms with Crippen molar-refractivity contribution in [1.82, 2.24) is 25.2 Å². The number of anilines is 1. The standard InChI is InChI=1S/C21H19ClN6OS2/c1-2-14-7-9-16(10-8-14)28-21(25-26-27-28)30-13-19(29)24-20-23-12-17(31-20)11-15-5-3-4-6-18(15)22/h3-10,12H,2,11,13H2,1H3,(H,23,24,29). The lowest BCUT2D eigenvalue weighted by Crippen LogP contribution is -2.14. The van der Waals surface area contributed by atoms with Crippen LogP contribution in [-0.2, 0) is 17.6 Å². The minimum absolute atomic E-state index is 0.167. The van der Waals surface area contributed by atoms with Gasteiger partial charge in [-0.25, -0.2) is 4.98 Å². The highest BCUT2D eigenvalue weighted by Crippen LogP contribution is 2.25. The minimum Gasteiger partial charge on any atom is -0.301 e. The van der Waals surface area contributed by atoms with Crippen LogP contribution < -0.4 is 5.32 Å². The second-order valence-corrected chi connectivity index (χ2v) is 9.09. The van der Waals surface area contributed by atoms with E-state index in [2.05, 4.69) is 32.7 Å². The Kier molecular flexibility index (Phi) is 6.96. The molecule has 0 spiro atoms. The van der Waals surface area contributed by atoms with Gasteiger partial charge in [-0.05, 0) is 46.2 Å². The van der Waals surface area contributed by atoms with Gasteiger partial charge in [0.15, 0.2) is 5.13 Å². The van der Waals surface area contributed by atoms with Crippen molar-refractivity contribution in [3.05, 3.63) is 75.8 Å². The van der Waals surface area contributed by atoms with Gasteiger partial charge < -0.3 is 5.32 Å². The summed E-state index contributed by atoms with van der Waals surface area (Å²) in [5.41, 5.74) is 3.12. The zero-order valence-electron chi connectivity index (χ0n) is 16.7. The summed E-state index contributed by atoms with van der Waals surface area (Å²) < 4.78 is 1.63. The van der Waals surface area contributed by atoms with E-state index < -0.39 is 0 Å². The normalized spacial score (nSPS) is 10.9. The summed E-state index contributed by atoms with van der Waals surface area (Å²) in [6.45, 7) is 2.11. The highest BCUT2D eigenvalue weighted by Gasteiger charge is 2.13. The molecule has 2 aromatic carbocycles. The number of carbonyl (C=O) groups is 1. The Labute approximate surface area is 192 Å². The van der Waals surface area contributed by atoms with Crippen molar-refractivity contribution >= 4 is 45.7 Å². The Balaban J connectivity index is 1.34. The summed E-state index contributed by atoms with van der Waals surface area (Å²) in [4.78, 5) is 17.7. The number of rotatable bonds is 8. The zero-order valence-corrected chi connectivity index (χ0v) is 19.0. The Morgan fingerprint density at radius 1 is 1.19 bits per heavy atom. The number of halogens is 1. The number of hydrogen-bond acceptors (Lipinski definition) is 7. The van der Waals surface area contributed by atoms with Crippen molar-refractivity contribution < 1.29 is 4.79 Å². The van der Waals surface area contributed by atoms with Crippen LogP contribution in [0.4, 0.5) is 5.13 Å². The van der Waals surface area contributed by atoms with Crippen molar-refractivity contribution in [2.24, 2.45) is 0 Å². The number of amides is 1. The summed E-state index contributed by atoms with van der Waals surface area (Å²) in [7, 11) is 0. The third kappa shape index (κ3) is 5.49. The Hall–Kier alpha value is -2.75. The first kappa shape index (κ1) is 21.5. The van der Waals surface area contributed by atoms with E-state index in [9.17, 15) is 4.79 Å². The van der Waals surface area contributed by atoms with Crippen LogP contribution in [0.1, 0.15) is 22.9 Å². The molecule has 0 saturated heterocycles. The quantitative estimate of drug-likeness (QED) is 0.377. The average molecular weight is 471 g/mol. The molecule has 7 nitrogen and oxygen atoms in total. The first-order chi connectivity index (χ1) is 15.1. The molecule has 0 saturated carbocycles. The van der Waals surface area contributed by atoms with Crippen molar-refractivity contribution in [3.8, 4) is 5.69 Å². The van der Waals surface area contributed by atoms with Gasteiger partial charge in [0.2, 0.25) is 11.1 Å². The molecule has 0 atom stereocenters. The number of aryl methyl sites for hydroxylation is 1. The van der Waals surface area contributed by atoms with Crippen molar-refractivity contribution in [3.63, 3.8) is 0 Å². The maximum absolute atomic E-state index is 12.4. The molecule has 158 valence electrons. The highest BCUT2D eigenvalue weighted by atomic mass is 35.5. The summed E-state index contributed by atoms with van der Waals surface area (Å²) >= 11 is 8.93. The monoisotopic (exact) mass is 470 g/mol. The number of nitrogens with zero attached hydrogens (tertiary/aromatic N) is 5. The summed E-state index contributed by atoms with van der Waals surface area (Å²) in [6, 6.07) is 15.7. The van der Waals surface area contributed by atoms with E-state index in [0.717, 1.165) is 27.6 Å². The van der Waals surface area contributed by atoms with Crippen molar-refractivity contribution in [2.45, 2.75) is 24.9 Å². The van der Waals surface area contributed by atoms with Crippen LogP contribution in [0.5, 0.6) is 0 Å². The average Bonchev–Trinajstić information content (AvgIpc) is 3.43. The molecule has 0 aliphatic rings. The summed E-state index contributed by atoms with van der Waals surface area (Å²) in [5, 5.41) is 16.5. The molecular formula is C21H19ClN6OS2. The lowest BCUT2D eigenvalue weighted by Gasteiger charge is -2.05. The fourth-order valence-corrected chi connectivity index (χ4v) is 4.61. The fraction of sp³-hybridized carbons (Fsp3) is 0.190. The molecule has 4 aromatic rings. The molecule has 0 unspecified atom stereocenters. The number of thiazole rings is 1. The van der Waals surface area contributed by atoms with E-state index in [4.69, 9.17) is 11.6 Å². The van der Waals surface area contributed by atoms with Gasteiger partial charge >= 0.3 is 0 Å². The van der Waals surface area contributed by atoms with Crippen LogP contribution in [0, 0.1) is 0 Å². The van der Waals surface area contributed by atoms with Gasteiger partial charge in [-0.15, -0.1) is 16.4 Å². The van der Waals surface area contributed by atoms with Gasteiger partial charge in [0, 0.05) is 22.5 Å². The van der Waals surface area contributed by atoms with Crippen LogP contribution in [0.3, 0.4) is 0 Å². The lowest BCUT2D eigenvalue weighted by atomic mass is 10.1. The summed E-state index contributed by atoms with van der Waals surface area (Å²) in [6.07, 6.45) is 3.40. The summed E-state index contributed by atoms with van der Waals surface area (Å²) in [5.74, 6) is 0.00635. The SMILES string of the molecule is CCc1ccc(-n2nnnc2SCC(=O)Nc2ncc(Cc3ccccc3Cl)s2)cc1. The Bertz CT molecular complexity index is 1170. The molecule has 0 radical (unpaired) electrons. The molecule has 10 heteroatoms. The molecule has 31 heavy (non-hydrogen) atoms. The number of nitrogens with one attached hydrogen (secondary N) is 1. The predicted molar refractivity (Wildman–Crippen MR) is 124 cm³/mol. The van der Waals surface area contributed by atoms with E-state index in [1.54, 1.807) is 10.9 Å². The number of thioether (sulfide) groups is 1. The molecule has 0 fully saturated rings. The molecule has 2 heterocycles. The molecule has 1 amide bonds. The van der Waals surface area contributed by atoms with Crippen LogP contribution in [0.2, 0.25) is 5.02 Å². The maximum atomic E-state index is 12.4. The number of carbonyl (C=O) groups excluding carboxylic acids is 1. The van der Waals surface area contributed by atoms with Crippen LogP contribution in [0.15, 0.2) is 59.9 Å². The number of tetrazole rings is 1. The van der Waals surface area contributed by atoms with Crippen LogP contribution in [0.25, 0.3) is 5.69 Å². The fourth-order valence-electron chi connectivity index (χ4n) is 2.87. The van der Waals surface area contributed by atoms with Crippen LogP contribution in [-0.4, -0.2) is 36.9 Å². The molecule has 0 aliphatic carbocycles. The van der Waals surface area contributed by atoms with Gasteiger partial charge in [0.25, 0.3) is 0 Å². The van der Waals surface area contributed by atoms with E-state index >= 15 is 0 Å². The van der Waals surface area contributed by atoms with Gasteiger partial charge in [-0.3, -0.25) is 4.79 Å². The molecular weight excluding hydrogens is 452 g/mol. The van der Waals surface area contributed by atoms with Gasteiger partial charge in [-0.1, -0.05) is 60.6 Å². The zero-order chi connectivity index (χ0) is 21.6. The van der Waals surface area contributed by atoms with Crippen molar-refractivity contribution in [1.29, 1.82) is 0 Å². The Morgan fingerprint density at radius 3 is 2.77 bits per heavy atom. The number of benzene rings is 2. The molecule has 1 N–H and O–H groups in total. The van der Waals surface area contributed by atoms with E-state index in [0.29, 0.717) is 16.7 Å². The molecule has 0 aliphatic heterocycles. The Morgan fingerprint density at radius 2 is 2.00 bits per heavy atom. The van der Waals surface area contributed by atoms with Gasteiger partial charge in [-0.2, -0.15) is 4.68 Å². The number of hydrogen-bond donors (Lipinski definition) is 1. The van der Waals surface area contributed by atoms with Crippen molar-refractivity contribution in [2.75, 3.05) is 11.1 Å². The smallest absolute Gasteiger partial charge is 0.236 e. The lowest BCUT2D eigenvalue weighted by molar-refractivity contribution is -0.113. The first-order valence-corrected chi connectivity index (χ1v) is 11.8. The predicted octanol–water partition coefficient (Wildman–Crippen LogP) is 4.66.